The summed E-state index contributed by atoms with van der Waals surface area (Å²) in [6, 6.07) is 4.01. The number of amides is 2. The van der Waals surface area contributed by atoms with E-state index in [0.717, 1.165) is 29.8 Å². The second-order valence-electron chi connectivity index (χ2n) is 6.07. The molecule has 5 nitrogen and oxygen atoms in total. The number of halogens is 1. The van der Waals surface area contributed by atoms with E-state index < -0.39 is 0 Å². The molecule has 0 bridgehead atoms. The van der Waals surface area contributed by atoms with E-state index in [0.29, 0.717) is 18.7 Å². The zero-order chi connectivity index (χ0) is 16.3. The molecule has 0 aromatic heterocycles. The second-order valence-corrected chi connectivity index (χ2v) is 6.07. The lowest BCUT2D eigenvalue weighted by Crippen LogP contribution is -2.49. The number of aryl methyl sites for hydroxylation is 3. The monoisotopic (exact) mass is 339 g/mol. The Morgan fingerprint density at radius 1 is 1.13 bits per heavy atom. The van der Waals surface area contributed by atoms with Crippen LogP contribution < -0.4 is 5.32 Å². The normalized spacial score (nSPS) is 14.2. The molecule has 1 aliphatic rings. The first-order valence-electron chi connectivity index (χ1n) is 7.72. The lowest BCUT2D eigenvalue weighted by atomic mass is 9.99. The molecule has 2 rings (SSSR count). The Bertz CT molecular complexity index is 560. The predicted molar refractivity (Wildman–Crippen MR) is 94.3 cm³/mol. The second kappa shape index (κ2) is 8.31. The van der Waals surface area contributed by atoms with E-state index in [2.05, 4.69) is 5.32 Å². The summed E-state index contributed by atoms with van der Waals surface area (Å²) < 4.78 is 0. The Labute approximate surface area is 144 Å². The summed E-state index contributed by atoms with van der Waals surface area (Å²) in [7, 11) is 1.70. The average Bonchev–Trinajstić information content (AvgIpc) is 2.46. The molecule has 1 fully saturated rings. The number of nitrogens with one attached hydrogen (secondary N) is 1. The fourth-order valence-electron chi connectivity index (χ4n) is 3.00. The van der Waals surface area contributed by atoms with Crippen LogP contribution in [0.5, 0.6) is 0 Å². The minimum absolute atomic E-state index is 0. The minimum Gasteiger partial charge on any atom is -0.339 e. The van der Waals surface area contributed by atoms with Crippen molar-refractivity contribution in [2.45, 2.75) is 20.8 Å². The highest BCUT2D eigenvalue weighted by molar-refractivity contribution is 5.98. The first kappa shape index (κ1) is 19.5. The summed E-state index contributed by atoms with van der Waals surface area (Å²) in [5.41, 5.74) is 3.78. The first-order chi connectivity index (χ1) is 10.4. The van der Waals surface area contributed by atoms with Crippen molar-refractivity contribution < 1.29 is 9.59 Å². The Morgan fingerprint density at radius 3 is 2.17 bits per heavy atom. The number of piperazine rings is 1. The Kier molecular flexibility index (Phi) is 7.03. The van der Waals surface area contributed by atoms with Crippen LogP contribution in [0.2, 0.25) is 0 Å². The van der Waals surface area contributed by atoms with Crippen LogP contribution >= 0.6 is 12.4 Å². The lowest BCUT2D eigenvalue weighted by Gasteiger charge is -2.29. The summed E-state index contributed by atoms with van der Waals surface area (Å²) in [5.74, 6) is -0.0711. The topological polar surface area (TPSA) is 52.7 Å². The van der Waals surface area contributed by atoms with Gasteiger partial charge in [0.05, 0.1) is 6.54 Å². The molecule has 6 heteroatoms. The molecule has 1 aromatic carbocycles. The summed E-state index contributed by atoms with van der Waals surface area (Å²) in [5, 5.41) is 3.22. The molecule has 0 aliphatic carbocycles. The van der Waals surface area contributed by atoms with Crippen LogP contribution in [-0.4, -0.2) is 61.4 Å². The number of hydrogen-bond donors (Lipinski definition) is 1. The smallest absolute Gasteiger partial charge is 0.254 e. The fourth-order valence-corrected chi connectivity index (χ4v) is 3.00. The summed E-state index contributed by atoms with van der Waals surface area (Å²) >= 11 is 0. The highest BCUT2D eigenvalue weighted by atomic mass is 35.5. The quantitative estimate of drug-likeness (QED) is 0.908. The number of carbonyl (C=O) groups is 2. The zero-order valence-corrected chi connectivity index (χ0v) is 15.1. The molecule has 1 saturated heterocycles. The van der Waals surface area contributed by atoms with Gasteiger partial charge < -0.3 is 15.1 Å². The van der Waals surface area contributed by atoms with Crippen LogP contribution in [0.25, 0.3) is 0 Å². The molecule has 0 unspecified atom stereocenters. The number of carbonyl (C=O) groups excluding carboxylic acids is 2. The van der Waals surface area contributed by atoms with E-state index in [1.807, 2.05) is 37.8 Å². The van der Waals surface area contributed by atoms with Crippen LogP contribution in [0.3, 0.4) is 0 Å². The molecule has 1 N–H and O–H groups in total. The van der Waals surface area contributed by atoms with E-state index in [1.54, 1.807) is 7.05 Å². The highest BCUT2D eigenvalue weighted by Gasteiger charge is 2.22. The van der Waals surface area contributed by atoms with E-state index in [-0.39, 0.29) is 30.8 Å². The summed E-state index contributed by atoms with van der Waals surface area (Å²) in [6.45, 7) is 9.10. The van der Waals surface area contributed by atoms with Crippen LogP contribution in [0.1, 0.15) is 27.0 Å². The number of benzene rings is 1. The van der Waals surface area contributed by atoms with Crippen molar-refractivity contribution in [3.63, 3.8) is 0 Å². The van der Waals surface area contributed by atoms with Gasteiger partial charge in [-0.25, -0.2) is 0 Å². The van der Waals surface area contributed by atoms with Gasteiger partial charge in [-0.3, -0.25) is 9.59 Å². The molecule has 0 saturated carbocycles. The molecule has 1 aliphatic heterocycles. The van der Waals surface area contributed by atoms with E-state index in [4.69, 9.17) is 0 Å². The van der Waals surface area contributed by atoms with E-state index >= 15 is 0 Å². The maximum atomic E-state index is 12.7. The third-order valence-corrected chi connectivity index (χ3v) is 4.08. The van der Waals surface area contributed by atoms with Crippen LogP contribution in [-0.2, 0) is 4.79 Å². The third kappa shape index (κ3) is 4.69. The largest absolute Gasteiger partial charge is 0.339 e. The van der Waals surface area contributed by atoms with Crippen LogP contribution in [0.15, 0.2) is 12.1 Å². The van der Waals surface area contributed by atoms with Crippen molar-refractivity contribution >= 4 is 24.2 Å². The van der Waals surface area contributed by atoms with Crippen molar-refractivity contribution in [1.29, 1.82) is 0 Å². The maximum absolute atomic E-state index is 12.7. The van der Waals surface area contributed by atoms with E-state index in [1.165, 1.54) is 4.90 Å². The molecule has 2 amide bonds. The molecule has 0 radical (unpaired) electrons. The number of nitrogens with zero attached hydrogens (tertiary/aromatic N) is 2. The maximum Gasteiger partial charge on any atom is 0.254 e. The van der Waals surface area contributed by atoms with Crippen molar-refractivity contribution in [2.75, 3.05) is 39.8 Å². The number of likely N-dealkylation sites (N-methyl/N-ethyl adjacent to an activating group) is 1. The van der Waals surface area contributed by atoms with Gasteiger partial charge in [0, 0.05) is 38.8 Å². The van der Waals surface area contributed by atoms with Gasteiger partial charge in [0.1, 0.15) is 0 Å². The van der Waals surface area contributed by atoms with Gasteiger partial charge in [0.25, 0.3) is 5.91 Å². The molecule has 1 aromatic rings. The van der Waals surface area contributed by atoms with Crippen molar-refractivity contribution in [3.05, 3.63) is 34.4 Å². The summed E-state index contributed by atoms with van der Waals surface area (Å²) in [4.78, 5) is 28.3. The molecular formula is C17H26ClN3O2. The highest BCUT2D eigenvalue weighted by Crippen LogP contribution is 2.18. The number of rotatable bonds is 3. The van der Waals surface area contributed by atoms with Crippen LogP contribution in [0, 0.1) is 20.8 Å². The van der Waals surface area contributed by atoms with Gasteiger partial charge in [-0.05, 0) is 31.9 Å². The average molecular weight is 340 g/mol. The van der Waals surface area contributed by atoms with Gasteiger partial charge in [-0.2, -0.15) is 0 Å². The Hall–Kier alpha value is -1.59. The minimum atomic E-state index is -0.0847. The molecule has 0 atom stereocenters. The first-order valence-corrected chi connectivity index (χ1v) is 7.72. The molecule has 128 valence electrons. The Balaban J connectivity index is 0.00000264. The van der Waals surface area contributed by atoms with Crippen molar-refractivity contribution in [2.24, 2.45) is 0 Å². The Morgan fingerprint density at radius 2 is 1.65 bits per heavy atom. The van der Waals surface area contributed by atoms with Gasteiger partial charge in [-0.1, -0.05) is 17.7 Å². The predicted octanol–water partition coefficient (Wildman–Crippen LogP) is 1.54. The van der Waals surface area contributed by atoms with Gasteiger partial charge in [0.15, 0.2) is 0 Å². The summed E-state index contributed by atoms with van der Waals surface area (Å²) in [6.07, 6.45) is 0. The molecule has 1 heterocycles. The third-order valence-electron chi connectivity index (χ3n) is 4.08. The number of hydrogen-bond acceptors (Lipinski definition) is 3. The fraction of sp³-hybridized carbons (Fsp3) is 0.529. The molecule has 0 spiro atoms. The lowest BCUT2D eigenvalue weighted by molar-refractivity contribution is -0.132. The molecular weight excluding hydrogens is 314 g/mol. The SMILES string of the molecule is Cc1cc(C)c(C(=O)N(C)CC(=O)N2CCNCC2)c(C)c1.Cl. The van der Waals surface area contributed by atoms with Gasteiger partial charge >= 0.3 is 0 Å². The standard InChI is InChI=1S/C17H25N3O2.ClH/c1-12-9-13(2)16(14(3)10-12)17(22)19(4)11-15(21)20-7-5-18-6-8-20;/h9-10,18H,5-8,11H2,1-4H3;1H. The van der Waals surface area contributed by atoms with Crippen molar-refractivity contribution in [1.82, 2.24) is 15.1 Å². The van der Waals surface area contributed by atoms with Crippen molar-refractivity contribution in [3.8, 4) is 0 Å². The van der Waals surface area contributed by atoms with Gasteiger partial charge in [-0.15, -0.1) is 12.4 Å². The van der Waals surface area contributed by atoms with Gasteiger partial charge in [0.2, 0.25) is 5.91 Å². The van der Waals surface area contributed by atoms with Crippen LogP contribution in [0.4, 0.5) is 0 Å². The molecule has 23 heavy (non-hydrogen) atoms. The van der Waals surface area contributed by atoms with E-state index in [9.17, 15) is 9.59 Å². The zero-order valence-electron chi connectivity index (χ0n) is 14.3.